The molecular formula is C14H24O. The number of rotatable bonds is 5. The van der Waals surface area contributed by atoms with Gasteiger partial charge in [-0.05, 0) is 32.6 Å². The Kier molecular flexibility index (Phi) is 5.70. The molecule has 1 heteroatoms. The Hall–Kier alpha value is -0.560. The predicted octanol–water partition coefficient (Wildman–Crippen LogP) is 4.10. The minimum atomic E-state index is 0.312. The highest BCUT2D eigenvalue weighted by atomic mass is 16.5. The number of hydrogen-bond acceptors (Lipinski definition) is 1. The molecule has 15 heavy (non-hydrogen) atoms. The maximum atomic E-state index is 5.90. The highest BCUT2D eigenvalue weighted by Gasteiger charge is 2.21. The minimum Gasteiger partial charge on any atom is -0.370 e. The van der Waals surface area contributed by atoms with Crippen LogP contribution in [0.4, 0.5) is 0 Å². The third-order valence-corrected chi connectivity index (χ3v) is 3.02. The molecule has 0 aliphatic heterocycles. The van der Waals surface area contributed by atoms with Crippen LogP contribution in [0, 0.1) is 5.92 Å². The Morgan fingerprint density at radius 2 is 2.07 bits per heavy atom. The Labute approximate surface area is 94.2 Å². The first kappa shape index (κ1) is 12.5. The smallest absolute Gasteiger partial charge is 0.0788 e. The molecule has 1 aliphatic carbocycles. The largest absolute Gasteiger partial charge is 0.370 e. The summed E-state index contributed by atoms with van der Waals surface area (Å²) in [5.41, 5.74) is 1.11. The van der Waals surface area contributed by atoms with E-state index in [9.17, 15) is 0 Å². The summed E-state index contributed by atoms with van der Waals surface area (Å²) in [5, 5.41) is 0. The third-order valence-electron chi connectivity index (χ3n) is 3.02. The Morgan fingerprint density at radius 1 is 1.40 bits per heavy atom. The molecule has 0 N–H and O–H groups in total. The van der Waals surface area contributed by atoms with Crippen LogP contribution >= 0.6 is 0 Å². The first-order valence-corrected chi connectivity index (χ1v) is 6.13. The lowest BCUT2D eigenvalue weighted by Gasteiger charge is -2.28. The van der Waals surface area contributed by atoms with Crippen molar-refractivity contribution in [1.29, 1.82) is 0 Å². The zero-order valence-electron chi connectivity index (χ0n) is 10.2. The van der Waals surface area contributed by atoms with E-state index in [2.05, 4.69) is 25.7 Å². The fourth-order valence-electron chi connectivity index (χ4n) is 2.24. The van der Waals surface area contributed by atoms with Gasteiger partial charge in [-0.1, -0.05) is 43.6 Å². The van der Waals surface area contributed by atoms with Gasteiger partial charge in [0.1, 0.15) is 0 Å². The second kappa shape index (κ2) is 6.84. The van der Waals surface area contributed by atoms with E-state index in [1.807, 2.05) is 6.92 Å². The van der Waals surface area contributed by atoms with Crippen LogP contribution < -0.4 is 0 Å². The van der Waals surface area contributed by atoms with Crippen LogP contribution in [0.15, 0.2) is 24.3 Å². The van der Waals surface area contributed by atoms with Crippen molar-refractivity contribution in [3.63, 3.8) is 0 Å². The SMILES string of the molecule is C=C(C)CO[C@H](C=CC)C1CCCCC1. The van der Waals surface area contributed by atoms with Crippen LogP contribution in [0.3, 0.4) is 0 Å². The first-order chi connectivity index (χ1) is 7.24. The highest BCUT2D eigenvalue weighted by Crippen LogP contribution is 2.28. The van der Waals surface area contributed by atoms with Gasteiger partial charge < -0.3 is 4.74 Å². The van der Waals surface area contributed by atoms with Crippen molar-refractivity contribution < 1.29 is 4.74 Å². The van der Waals surface area contributed by atoms with Crippen LogP contribution in [0.25, 0.3) is 0 Å². The van der Waals surface area contributed by atoms with Crippen molar-refractivity contribution >= 4 is 0 Å². The van der Waals surface area contributed by atoms with Crippen molar-refractivity contribution in [2.75, 3.05) is 6.61 Å². The molecule has 1 rings (SSSR count). The van der Waals surface area contributed by atoms with E-state index in [0.717, 1.165) is 11.5 Å². The lowest BCUT2D eigenvalue weighted by molar-refractivity contribution is 0.0455. The van der Waals surface area contributed by atoms with E-state index in [1.165, 1.54) is 32.1 Å². The zero-order chi connectivity index (χ0) is 11.1. The van der Waals surface area contributed by atoms with E-state index in [4.69, 9.17) is 4.74 Å². The summed E-state index contributed by atoms with van der Waals surface area (Å²) in [4.78, 5) is 0. The summed E-state index contributed by atoms with van der Waals surface area (Å²) >= 11 is 0. The van der Waals surface area contributed by atoms with E-state index < -0.39 is 0 Å². The summed E-state index contributed by atoms with van der Waals surface area (Å²) in [5.74, 6) is 0.731. The van der Waals surface area contributed by atoms with Gasteiger partial charge >= 0.3 is 0 Å². The average Bonchev–Trinajstić information content (AvgIpc) is 2.25. The summed E-state index contributed by atoms with van der Waals surface area (Å²) in [6.45, 7) is 8.67. The van der Waals surface area contributed by atoms with Crippen LogP contribution in [-0.2, 0) is 4.74 Å². The summed E-state index contributed by atoms with van der Waals surface area (Å²) < 4.78 is 5.90. The maximum absolute atomic E-state index is 5.90. The molecule has 0 spiro atoms. The van der Waals surface area contributed by atoms with E-state index >= 15 is 0 Å². The van der Waals surface area contributed by atoms with E-state index in [1.54, 1.807) is 0 Å². The Bertz CT molecular complexity index is 211. The standard InChI is InChI=1S/C14H24O/c1-4-8-14(15-11-12(2)3)13-9-6-5-7-10-13/h4,8,13-14H,2,5-7,9-11H2,1,3H3/t14-/m1/s1. The quantitative estimate of drug-likeness (QED) is 0.618. The molecule has 0 aromatic heterocycles. The summed E-state index contributed by atoms with van der Waals surface area (Å²) in [7, 11) is 0. The predicted molar refractivity (Wildman–Crippen MR) is 65.9 cm³/mol. The van der Waals surface area contributed by atoms with Crippen LogP contribution in [0.2, 0.25) is 0 Å². The van der Waals surface area contributed by atoms with Crippen molar-refractivity contribution in [2.24, 2.45) is 5.92 Å². The Balaban J connectivity index is 2.43. The zero-order valence-corrected chi connectivity index (χ0v) is 10.2. The molecule has 0 amide bonds. The normalized spacial score (nSPS) is 20.7. The molecule has 0 heterocycles. The lowest BCUT2D eigenvalue weighted by atomic mass is 9.85. The van der Waals surface area contributed by atoms with Gasteiger partial charge in [-0.3, -0.25) is 0 Å². The van der Waals surface area contributed by atoms with E-state index in [0.29, 0.717) is 12.7 Å². The summed E-state index contributed by atoms with van der Waals surface area (Å²) in [6, 6.07) is 0. The fraction of sp³-hybridized carbons (Fsp3) is 0.714. The van der Waals surface area contributed by atoms with Gasteiger partial charge in [-0.2, -0.15) is 0 Å². The van der Waals surface area contributed by atoms with Crippen LogP contribution in [0.1, 0.15) is 46.0 Å². The minimum absolute atomic E-state index is 0.312. The van der Waals surface area contributed by atoms with Gasteiger partial charge in [-0.15, -0.1) is 0 Å². The highest BCUT2D eigenvalue weighted by molar-refractivity contribution is 4.95. The first-order valence-electron chi connectivity index (χ1n) is 6.13. The summed E-state index contributed by atoms with van der Waals surface area (Å²) in [6.07, 6.45) is 11.4. The molecule has 1 nitrogen and oxygen atoms in total. The maximum Gasteiger partial charge on any atom is 0.0788 e. The van der Waals surface area contributed by atoms with Crippen molar-refractivity contribution in [1.82, 2.24) is 0 Å². The van der Waals surface area contributed by atoms with Gasteiger partial charge in [0.15, 0.2) is 0 Å². The lowest BCUT2D eigenvalue weighted by Crippen LogP contribution is -2.24. The average molecular weight is 208 g/mol. The second-order valence-corrected chi connectivity index (χ2v) is 4.66. The van der Waals surface area contributed by atoms with Gasteiger partial charge in [0.05, 0.1) is 12.7 Å². The Morgan fingerprint density at radius 3 is 2.60 bits per heavy atom. The molecule has 1 saturated carbocycles. The molecule has 0 aromatic rings. The molecule has 86 valence electrons. The van der Waals surface area contributed by atoms with Crippen molar-refractivity contribution in [3.8, 4) is 0 Å². The third kappa shape index (κ3) is 4.65. The molecule has 0 unspecified atom stereocenters. The fourth-order valence-corrected chi connectivity index (χ4v) is 2.24. The molecule has 0 bridgehead atoms. The monoisotopic (exact) mass is 208 g/mol. The number of allylic oxidation sites excluding steroid dienone is 1. The van der Waals surface area contributed by atoms with Crippen LogP contribution in [0.5, 0.6) is 0 Å². The van der Waals surface area contributed by atoms with Gasteiger partial charge in [0.2, 0.25) is 0 Å². The number of ether oxygens (including phenoxy) is 1. The van der Waals surface area contributed by atoms with Gasteiger partial charge in [-0.25, -0.2) is 0 Å². The molecule has 0 aromatic carbocycles. The topological polar surface area (TPSA) is 9.23 Å². The molecular weight excluding hydrogens is 184 g/mol. The molecule has 1 fully saturated rings. The van der Waals surface area contributed by atoms with Gasteiger partial charge in [0.25, 0.3) is 0 Å². The second-order valence-electron chi connectivity index (χ2n) is 4.66. The molecule has 1 atom stereocenters. The van der Waals surface area contributed by atoms with Gasteiger partial charge in [0, 0.05) is 0 Å². The number of hydrogen-bond donors (Lipinski definition) is 0. The molecule has 0 radical (unpaired) electrons. The molecule has 0 saturated heterocycles. The van der Waals surface area contributed by atoms with Crippen molar-refractivity contribution in [3.05, 3.63) is 24.3 Å². The molecule has 1 aliphatic rings. The van der Waals surface area contributed by atoms with Crippen molar-refractivity contribution in [2.45, 2.75) is 52.1 Å². The van der Waals surface area contributed by atoms with E-state index in [-0.39, 0.29) is 0 Å². The van der Waals surface area contributed by atoms with Crippen LogP contribution in [-0.4, -0.2) is 12.7 Å².